The third kappa shape index (κ3) is 5.71. The zero-order valence-electron chi connectivity index (χ0n) is 18.4. The van der Waals surface area contributed by atoms with Crippen molar-refractivity contribution >= 4 is 27.4 Å². The molecule has 1 atom stereocenters. The topological polar surface area (TPSA) is 80.2 Å². The molecular formula is C24H21ClF3N3O3S. The Morgan fingerprint density at radius 3 is 2.40 bits per heavy atom. The first-order valence-electron chi connectivity index (χ1n) is 10.8. The summed E-state index contributed by atoms with van der Waals surface area (Å²) in [6.07, 6.45) is -1.80. The van der Waals surface area contributed by atoms with Crippen molar-refractivity contribution in [1.82, 2.24) is 14.3 Å². The average Bonchev–Trinajstić information content (AvgIpc) is 3.34. The summed E-state index contributed by atoms with van der Waals surface area (Å²) < 4.78 is 65.8. The Hall–Kier alpha value is -2.82. The average molecular weight is 524 g/mol. The highest BCUT2D eigenvalue weighted by atomic mass is 35.5. The molecule has 4 rings (SSSR count). The van der Waals surface area contributed by atoms with Crippen LogP contribution in [0.5, 0.6) is 0 Å². The minimum Gasteiger partial charge on any atom is -0.298 e. The molecule has 0 aliphatic carbocycles. The summed E-state index contributed by atoms with van der Waals surface area (Å²) in [7, 11) is -3.84. The Bertz CT molecular complexity index is 1310. The minimum absolute atomic E-state index is 0.0702. The first-order valence-corrected chi connectivity index (χ1v) is 12.7. The molecule has 11 heteroatoms. The van der Waals surface area contributed by atoms with E-state index in [1.54, 1.807) is 6.07 Å². The molecule has 0 bridgehead atoms. The normalized spacial score (nSPS) is 17.0. The lowest BCUT2D eigenvalue weighted by molar-refractivity contribution is -0.137. The van der Waals surface area contributed by atoms with Crippen molar-refractivity contribution < 1.29 is 26.4 Å². The zero-order valence-corrected chi connectivity index (χ0v) is 19.9. The first kappa shape index (κ1) is 25.3. The number of alkyl halides is 3. The number of Topliss-reactive ketones (excluding diaryl/α,β-unsaturated/α-hetero) is 1. The smallest absolute Gasteiger partial charge is 0.298 e. The fourth-order valence-electron chi connectivity index (χ4n) is 4.03. The van der Waals surface area contributed by atoms with Crippen LogP contribution in [0, 0.1) is 0 Å². The van der Waals surface area contributed by atoms with E-state index in [1.165, 1.54) is 47.0 Å². The molecule has 6 nitrogen and oxygen atoms in total. The highest BCUT2D eigenvalue weighted by molar-refractivity contribution is 7.89. The molecule has 35 heavy (non-hydrogen) atoms. The molecule has 0 unspecified atom stereocenters. The summed E-state index contributed by atoms with van der Waals surface area (Å²) in [4.78, 5) is 21.3. The van der Waals surface area contributed by atoms with Crippen LogP contribution < -0.4 is 0 Å². The zero-order chi connectivity index (χ0) is 25.2. The SMILES string of the molecule is O=C(CCc1cc(-c2ccc(C(F)(F)F)cc2)ncn1)[C@@H]1CCCN1S(=O)(=O)c1ccc(Cl)cc1. The van der Waals surface area contributed by atoms with Gasteiger partial charge in [-0.15, -0.1) is 0 Å². The van der Waals surface area contributed by atoms with Gasteiger partial charge in [0.25, 0.3) is 0 Å². The lowest BCUT2D eigenvalue weighted by atomic mass is 10.0. The molecule has 184 valence electrons. The fourth-order valence-corrected chi connectivity index (χ4v) is 5.84. The summed E-state index contributed by atoms with van der Waals surface area (Å²) in [5, 5.41) is 0.415. The number of nitrogens with zero attached hydrogens (tertiary/aromatic N) is 3. The number of halogens is 4. The van der Waals surface area contributed by atoms with Crippen LogP contribution in [0.25, 0.3) is 11.3 Å². The van der Waals surface area contributed by atoms with E-state index in [9.17, 15) is 26.4 Å². The van der Waals surface area contributed by atoms with Crippen LogP contribution in [0.15, 0.2) is 65.8 Å². The number of carbonyl (C=O) groups is 1. The number of hydrogen-bond acceptors (Lipinski definition) is 5. The number of hydrogen-bond donors (Lipinski definition) is 0. The minimum atomic E-state index is -4.43. The van der Waals surface area contributed by atoms with E-state index >= 15 is 0 Å². The van der Waals surface area contributed by atoms with Gasteiger partial charge in [0, 0.05) is 29.2 Å². The van der Waals surface area contributed by atoms with Gasteiger partial charge >= 0.3 is 6.18 Å². The number of sulfonamides is 1. The quantitative estimate of drug-likeness (QED) is 0.427. The molecule has 1 fully saturated rings. The molecule has 2 aromatic carbocycles. The molecule has 1 saturated heterocycles. The van der Waals surface area contributed by atoms with Crippen molar-refractivity contribution in [3.8, 4) is 11.3 Å². The predicted octanol–water partition coefficient (Wildman–Crippen LogP) is 5.17. The third-order valence-electron chi connectivity index (χ3n) is 5.85. The van der Waals surface area contributed by atoms with E-state index in [1.807, 2.05) is 0 Å². The van der Waals surface area contributed by atoms with Gasteiger partial charge in [-0.2, -0.15) is 17.5 Å². The van der Waals surface area contributed by atoms with Crippen molar-refractivity contribution in [1.29, 1.82) is 0 Å². The van der Waals surface area contributed by atoms with Crippen molar-refractivity contribution in [3.05, 3.63) is 77.2 Å². The molecule has 1 aliphatic rings. The second-order valence-corrected chi connectivity index (χ2v) is 10.5. The number of aromatic nitrogens is 2. The molecular weight excluding hydrogens is 503 g/mol. The van der Waals surface area contributed by atoms with Crippen LogP contribution in [0.3, 0.4) is 0 Å². The van der Waals surface area contributed by atoms with Gasteiger partial charge in [0.2, 0.25) is 10.0 Å². The van der Waals surface area contributed by atoms with Gasteiger partial charge in [0.05, 0.1) is 22.2 Å². The predicted molar refractivity (Wildman–Crippen MR) is 124 cm³/mol. The lowest BCUT2D eigenvalue weighted by Gasteiger charge is -2.23. The summed E-state index contributed by atoms with van der Waals surface area (Å²) in [6.45, 7) is 0.257. The Morgan fingerprint density at radius 1 is 1.06 bits per heavy atom. The molecule has 0 radical (unpaired) electrons. The molecule has 2 heterocycles. The van der Waals surface area contributed by atoms with Crippen LogP contribution in [0.4, 0.5) is 13.2 Å². The van der Waals surface area contributed by atoms with Crippen molar-refractivity contribution in [2.24, 2.45) is 0 Å². The summed E-state index contributed by atoms with van der Waals surface area (Å²) in [5.74, 6) is -0.213. The van der Waals surface area contributed by atoms with Gasteiger partial charge in [0.1, 0.15) is 6.33 Å². The summed E-state index contributed by atoms with van der Waals surface area (Å²) >= 11 is 5.86. The lowest BCUT2D eigenvalue weighted by Crippen LogP contribution is -2.40. The van der Waals surface area contributed by atoms with E-state index in [4.69, 9.17) is 11.6 Å². The van der Waals surface area contributed by atoms with Gasteiger partial charge < -0.3 is 0 Å². The standard InChI is InChI=1S/C24H21ClF3N3O3S/c25-18-7-10-20(11-8-18)35(33,34)31-13-1-2-22(31)23(32)12-9-19-14-21(30-15-29-19)16-3-5-17(6-4-16)24(26,27)28/h3-8,10-11,14-15,22H,1-2,9,12-13H2/t22-/m0/s1. The second-order valence-electron chi connectivity index (χ2n) is 8.16. The van der Waals surface area contributed by atoms with Gasteiger partial charge in [0.15, 0.2) is 5.78 Å². The Balaban J connectivity index is 1.44. The number of rotatable bonds is 7. The summed E-state index contributed by atoms with van der Waals surface area (Å²) in [5.41, 5.74) is 0.706. The Labute approximate surface area is 205 Å². The number of carbonyl (C=O) groups excluding carboxylic acids is 1. The molecule has 0 saturated carbocycles. The largest absolute Gasteiger partial charge is 0.416 e. The highest BCUT2D eigenvalue weighted by Gasteiger charge is 2.39. The molecule has 0 amide bonds. The van der Waals surface area contributed by atoms with Crippen LogP contribution in [-0.2, 0) is 27.4 Å². The highest BCUT2D eigenvalue weighted by Crippen LogP contribution is 2.31. The van der Waals surface area contributed by atoms with Gasteiger partial charge in [-0.3, -0.25) is 4.79 Å². The first-order chi connectivity index (χ1) is 16.6. The van der Waals surface area contributed by atoms with Crippen molar-refractivity contribution in [3.63, 3.8) is 0 Å². The van der Waals surface area contributed by atoms with Gasteiger partial charge in [-0.1, -0.05) is 23.7 Å². The Morgan fingerprint density at radius 2 is 1.74 bits per heavy atom. The van der Waals surface area contributed by atoms with Crippen LogP contribution >= 0.6 is 11.6 Å². The third-order valence-corrected chi connectivity index (χ3v) is 8.03. The molecule has 1 aromatic heterocycles. The molecule has 0 N–H and O–H groups in total. The fraction of sp³-hybridized carbons (Fsp3) is 0.292. The van der Waals surface area contributed by atoms with Gasteiger partial charge in [-0.25, -0.2) is 18.4 Å². The van der Waals surface area contributed by atoms with E-state index in [0.717, 1.165) is 12.1 Å². The van der Waals surface area contributed by atoms with Crippen molar-refractivity contribution in [2.75, 3.05) is 6.54 Å². The van der Waals surface area contributed by atoms with E-state index in [2.05, 4.69) is 9.97 Å². The second kappa shape index (κ2) is 10.0. The van der Waals surface area contributed by atoms with E-state index in [0.29, 0.717) is 34.8 Å². The van der Waals surface area contributed by atoms with Crippen molar-refractivity contribution in [2.45, 2.75) is 42.8 Å². The van der Waals surface area contributed by atoms with Crippen LogP contribution in [0.2, 0.25) is 5.02 Å². The monoisotopic (exact) mass is 523 g/mol. The number of ketones is 1. The van der Waals surface area contributed by atoms with E-state index in [-0.39, 0.29) is 30.1 Å². The maximum atomic E-state index is 13.1. The van der Waals surface area contributed by atoms with Crippen LogP contribution in [-0.4, -0.2) is 41.1 Å². The maximum absolute atomic E-state index is 13.1. The maximum Gasteiger partial charge on any atom is 0.416 e. The summed E-state index contributed by atoms with van der Waals surface area (Å²) in [6, 6.07) is 11.3. The molecule has 3 aromatic rings. The molecule has 0 spiro atoms. The van der Waals surface area contributed by atoms with Gasteiger partial charge in [-0.05, 0) is 61.7 Å². The molecule has 1 aliphatic heterocycles. The van der Waals surface area contributed by atoms with Crippen LogP contribution in [0.1, 0.15) is 30.5 Å². The number of benzene rings is 2. The van der Waals surface area contributed by atoms with E-state index < -0.39 is 27.8 Å². The Kier molecular flexibility index (Phi) is 7.25. The number of aryl methyl sites for hydroxylation is 1.